The molecule has 2 unspecified atom stereocenters. The highest BCUT2D eigenvalue weighted by atomic mass is 19.3. The van der Waals surface area contributed by atoms with Gasteiger partial charge in [0, 0.05) is 62.7 Å². The van der Waals surface area contributed by atoms with E-state index in [4.69, 9.17) is 15.6 Å². The number of pyridine rings is 2. The largest absolute Gasteiger partial charge is 0.394 e. The van der Waals surface area contributed by atoms with Gasteiger partial charge in [-0.2, -0.15) is 4.39 Å². The van der Waals surface area contributed by atoms with E-state index >= 15 is 8.78 Å². The number of alkyl halides is 2. The topological polar surface area (TPSA) is 137 Å². The van der Waals surface area contributed by atoms with Crippen molar-refractivity contribution in [1.29, 1.82) is 0 Å². The van der Waals surface area contributed by atoms with Crippen LogP contribution in [0.2, 0.25) is 0 Å². The number of ether oxygens (including phenoxy) is 1. The summed E-state index contributed by atoms with van der Waals surface area (Å²) in [6.45, 7) is 2.41. The minimum atomic E-state index is -2.89. The molecule has 52 heavy (non-hydrogen) atoms. The number of aromatic nitrogens is 2. The Morgan fingerprint density at radius 2 is 1.69 bits per heavy atom. The van der Waals surface area contributed by atoms with Gasteiger partial charge < -0.3 is 26.0 Å². The third-order valence-corrected chi connectivity index (χ3v) is 10.5. The molecule has 0 radical (unpaired) electrons. The molecule has 0 spiro atoms. The van der Waals surface area contributed by atoms with Gasteiger partial charge in [0.1, 0.15) is 5.82 Å². The number of aliphatic hydroxyl groups excluding tert-OH is 2. The van der Waals surface area contributed by atoms with Crippen molar-refractivity contribution in [2.75, 3.05) is 45.1 Å². The molecule has 3 heterocycles. The lowest BCUT2D eigenvalue weighted by Gasteiger charge is -2.40. The van der Waals surface area contributed by atoms with Crippen LogP contribution in [0.15, 0.2) is 73.1 Å². The molecule has 13 heteroatoms. The lowest BCUT2D eigenvalue weighted by Crippen LogP contribution is -2.52. The summed E-state index contributed by atoms with van der Waals surface area (Å²) in [4.78, 5) is 25.0. The number of halogens is 3. The highest BCUT2D eigenvalue weighted by molar-refractivity contribution is 5.99. The average molecular weight is 717 g/mol. The molecule has 7 rings (SSSR count). The number of fused-ring (bicyclic) bond motifs is 1. The fraction of sp³-hybridized carbons (Fsp3) is 0.410. The lowest BCUT2D eigenvalue weighted by atomic mass is 9.98. The number of amides is 1. The first-order valence-corrected chi connectivity index (χ1v) is 17.7. The van der Waals surface area contributed by atoms with E-state index in [1.807, 2.05) is 52.3 Å². The molecule has 2 fully saturated rings. The molecule has 1 saturated carbocycles. The second kappa shape index (κ2) is 15.3. The van der Waals surface area contributed by atoms with Crippen LogP contribution in [0.5, 0.6) is 0 Å². The summed E-state index contributed by atoms with van der Waals surface area (Å²) in [5.74, 6) is -3.75. The van der Waals surface area contributed by atoms with Gasteiger partial charge in [-0.15, -0.1) is 0 Å². The molecule has 1 aliphatic heterocycles. The summed E-state index contributed by atoms with van der Waals surface area (Å²) in [7, 11) is 0. The quantitative estimate of drug-likeness (QED) is 0.164. The van der Waals surface area contributed by atoms with Gasteiger partial charge in [0.2, 0.25) is 5.95 Å². The average Bonchev–Trinajstić information content (AvgIpc) is 3.70. The Morgan fingerprint density at radius 1 is 0.962 bits per heavy atom. The standard InChI is InChI=1S/C39H43F3N6O4/c40-35-11-9-27(19-44-35)29-17-32(37(43)45-20-29)38(51)46-33-2-1-3-34(33)52-23-24-4-6-25(7-5-24)26-8-10-31-28(16-26)18-39(41,42)36(31)48-14-12-47(13-15-48)21-30(50)22-49/h4-11,16-17,19-20,30,33-34,36,49-50H,1-3,12-15,18,21-23H2,(H2,43,45)(H,46,51)/t30?,33-,34-,36?/m0/s1. The van der Waals surface area contributed by atoms with Gasteiger partial charge in [-0.3, -0.25) is 14.6 Å². The van der Waals surface area contributed by atoms with E-state index in [1.165, 1.54) is 18.5 Å². The third-order valence-electron chi connectivity index (χ3n) is 10.5. The van der Waals surface area contributed by atoms with Crippen LogP contribution in [0, 0.1) is 5.95 Å². The van der Waals surface area contributed by atoms with Crippen molar-refractivity contribution in [2.24, 2.45) is 0 Å². The monoisotopic (exact) mass is 716 g/mol. The van der Waals surface area contributed by atoms with E-state index < -0.39 is 24.0 Å². The minimum Gasteiger partial charge on any atom is -0.394 e. The Balaban J connectivity index is 0.953. The second-order valence-corrected chi connectivity index (χ2v) is 14.0. The van der Waals surface area contributed by atoms with Gasteiger partial charge in [-0.1, -0.05) is 42.5 Å². The molecule has 2 aromatic heterocycles. The van der Waals surface area contributed by atoms with Gasteiger partial charge in [0.15, 0.2) is 0 Å². The fourth-order valence-corrected chi connectivity index (χ4v) is 7.70. The van der Waals surface area contributed by atoms with Crippen molar-refractivity contribution < 1.29 is 32.9 Å². The highest BCUT2D eigenvalue weighted by Crippen LogP contribution is 2.48. The number of hydrogen-bond donors (Lipinski definition) is 4. The number of anilines is 1. The number of carbonyl (C=O) groups excluding carboxylic acids is 1. The first-order chi connectivity index (χ1) is 25.1. The first-order valence-electron chi connectivity index (χ1n) is 17.7. The third kappa shape index (κ3) is 7.83. The zero-order valence-electron chi connectivity index (χ0n) is 28.7. The number of nitrogen functional groups attached to an aromatic ring is 1. The molecule has 3 aliphatic rings. The molecule has 10 nitrogen and oxygen atoms in total. The normalized spacial score (nSPS) is 22.3. The van der Waals surface area contributed by atoms with Crippen LogP contribution in [0.25, 0.3) is 22.3 Å². The molecule has 1 amide bonds. The number of aliphatic hydroxyl groups is 2. The Hall–Kier alpha value is -4.40. The van der Waals surface area contributed by atoms with Crippen molar-refractivity contribution in [2.45, 2.75) is 62.5 Å². The van der Waals surface area contributed by atoms with Crippen molar-refractivity contribution >= 4 is 11.7 Å². The molecular weight excluding hydrogens is 673 g/mol. The second-order valence-electron chi connectivity index (χ2n) is 14.0. The van der Waals surface area contributed by atoms with Crippen LogP contribution in [0.1, 0.15) is 52.4 Å². The highest BCUT2D eigenvalue weighted by Gasteiger charge is 2.50. The number of rotatable bonds is 11. The zero-order valence-corrected chi connectivity index (χ0v) is 28.7. The van der Waals surface area contributed by atoms with Crippen LogP contribution in [-0.4, -0.2) is 99.4 Å². The maximum Gasteiger partial charge on any atom is 0.271 e. The van der Waals surface area contributed by atoms with Gasteiger partial charge in [0.05, 0.1) is 43.1 Å². The Bertz CT molecular complexity index is 1870. The predicted octanol–water partition coefficient (Wildman–Crippen LogP) is 4.60. The first kappa shape index (κ1) is 36.0. The van der Waals surface area contributed by atoms with Crippen molar-refractivity contribution in [3.8, 4) is 22.3 Å². The van der Waals surface area contributed by atoms with Crippen molar-refractivity contribution in [1.82, 2.24) is 25.1 Å². The maximum absolute atomic E-state index is 15.5. The number of carbonyl (C=O) groups is 1. The number of piperazine rings is 1. The van der Waals surface area contributed by atoms with E-state index in [-0.39, 0.29) is 42.5 Å². The van der Waals surface area contributed by atoms with Crippen molar-refractivity contribution in [3.63, 3.8) is 0 Å². The molecule has 5 N–H and O–H groups in total. The molecule has 2 aromatic carbocycles. The summed E-state index contributed by atoms with van der Waals surface area (Å²) >= 11 is 0. The van der Waals surface area contributed by atoms with Crippen LogP contribution in [-0.2, 0) is 17.8 Å². The summed E-state index contributed by atoms with van der Waals surface area (Å²) in [5, 5.41) is 22.0. The number of nitrogens with zero attached hydrogens (tertiary/aromatic N) is 4. The van der Waals surface area contributed by atoms with Crippen LogP contribution < -0.4 is 11.1 Å². The van der Waals surface area contributed by atoms with E-state index in [2.05, 4.69) is 15.3 Å². The molecule has 2 aliphatic carbocycles. The van der Waals surface area contributed by atoms with E-state index in [0.29, 0.717) is 61.6 Å². The van der Waals surface area contributed by atoms with E-state index in [1.54, 1.807) is 12.1 Å². The SMILES string of the molecule is Nc1ncc(-c2ccc(F)nc2)cc1C(=O)N[C@H]1CCC[C@@H]1OCc1ccc(-c2ccc3c(c2)CC(F)(F)C3N2CCN(CC(O)CO)CC2)cc1. The smallest absolute Gasteiger partial charge is 0.271 e. The van der Waals surface area contributed by atoms with Crippen LogP contribution in [0.3, 0.4) is 0 Å². The molecule has 274 valence electrons. The van der Waals surface area contributed by atoms with Crippen LogP contribution in [0.4, 0.5) is 19.0 Å². The number of hydrogen-bond acceptors (Lipinski definition) is 9. The maximum atomic E-state index is 15.5. The zero-order chi connectivity index (χ0) is 36.4. The van der Waals surface area contributed by atoms with E-state index in [9.17, 15) is 14.3 Å². The molecular formula is C39H43F3N6O4. The molecule has 4 atom stereocenters. The number of benzene rings is 2. The number of β-amino-alcohol motifs (C(OH)–C–C–N with tert-alkyl or cyclic N) is 1. The Labute approximate surface area is 300 Å². The van der Waals surface area contributed by atoms with Gasteiger partial charge >= 0.3 is 0 Å². The summed E-state index contributed by atoms with van der Waals surface area (Å²) in [5.41, 5.74) is 11.6. The molecule has 4 aromatic rings. The summed E-state index contributed by atoms with van der Waals surface area (Å²) < 4.78 is 50.5. The Morgan fingerprint density at radius 3 is 2.42 bits per heavy atom. The van der Waals surface area contributed by atoms with Crippen molar-refractivity contribution in [3.05, 3.63) is 101 Å². The van der Waals surface area contributed by atoms with E-state index in [0.717, 1.165) is 36.0 Å². The summed E-state index contributed by atoms with van der Waals surface area (Å²) in [6.07, 6.45) is 4.01. The Kier molecular flexibility index (Phi) is 10.6. The fourth-order valence-electron chi connectivity index (χ4n) is 7.70. The lowest BCUT2D eigenvalue weighted by molar-refractivity contribution is -0.0838. The number of nitrogens with two attached hydrogens (primary N) is 1. The van der Waals surface area contributed by atoms with Gasteiger partial charge in [-0.25, -0.2) is 18.7 Å². The molecule has 1 saturated heterocycles. The minimum absolute atomic E-state index is 0.0929. The predicted molar refractivity (Wildman–Crippen MR) is 190 cm³/mol. The van der Waals surface area contributed by atoms with Gasteiger partial charge in [-0.05, 0) is 65.3 Å². The van der Waals surface area contributed by atoms with Gasteiger partial charge in [0.25, 0.3) is 11.8 Å². The van der Waals surface area contributed by atoms with Crippen LogP contribution >= 0.6 is 0 Å². The summed E-state index contributed by atoms with van der Waals surface area (Å²) in [6, 6.07) is 16.7. The number of nitrogens with one attached hydrogen (secondary N) is 1. The molecule has 0 bridgehead atoms.